The molecule has 1 atom stereocenters. The van der Waals surface area contributed by atoms with Crippen molar-refractivity contribution in [1.82, 2.24) is 5.32 Å². The molecule has 1 unspecified atom stereocenters. The Bertz CT molecular complexity index is 430. The van der Waals surface area contributed by atoms with Crippen molar-refractivity contribution in [3.63, 3.8) is 0 Å². The highest BCUT2D eigenvalue weighted by atomic mass is 35.5. The van der Waals surface area contributed by atoms with Crippen molar-refractivity contribution in [3.8, 4) is 0 Å². The molecule has 4 heteroatoms. The summed E-state index contributed by atoms with van der Waals surface area (Å²) in [7, 11) is 0. The third-order valence-electron chi connectivity index (χ3n) is 3.33. The smallest absolute Gasteiger partial charge is 0.224 e. The molecule has 0 spiro atoms. The molecule has 1 saturated heterocycles. The van der Waals surface area contributed by atoms with Crippen LogP contribution in [0, 0.1) is 19.8 Å². The molecule has 1 aliphatic rings. The van der Waals surface area contributed by atoms with Crippen LogP contribution in [0.2, 0.25) is 5.02 Å². The van der Waals surface area contributed by atoms with Crippen LogP contribution in [-0.2, 0) is 4.79 Å². The van der Waals surface area contributed by atoms with Gasteiger partial charge in [0.2, 0.25) is 5.91 Å². The van der Waals surface area contributed by atoms with E-state index in [1.165, 1.54) is 0 Å². The highest BCUT2D eigenvalue weighted by Crippen LogP contribution is 2.27. The normalized spacial score (nSPS) is 18.9. The Morgan fingerprint density at radius 3 is 2.89 bits per heavy atom. The second-order valence-electron chi connectivity index (χ2n) is 5.05. The lowest BCUT2D eigenvalue weighted by molar-refractivity contribution is -0.116. The van der Waals surface area contributed by atoms with Crippen LogP contribution in [0.3, 0.4) is 0 Å². The SMILES string of the molecule is Cc1cc(C)c(NC(=O)CC2CCNC2)c(Cl)c1. The second kappa shape index (κ2) is 5.72. The molecule has 0 aliphatic carbocycles. The fraction of sp³-hybridized carbons (Fsp3) is 0.500. The monoisotopic (exact) mass is 266 g/mol. The molecule has 1 amide bonds. The van der Waals surface area contributed by atoms with E-state index in [-0.39, 0.29) is 5.91 Å². The molecule has 1 aromatic carbocycles. The number of nitrogens with one attached hydrogen (secondary N) is 2. The topological polar surface area (TPSA) is 41.1 Å². The number of carbonyl (C=O) groups excluding carboxylic acids is 1. The maximum Gasteiger partial charge on any atom is 0.224 e. The maximum absolute atomic E-state index is 12.0. The standard InChI is InChI=1S/C14H19ClN2O/c1-9-5-10(2)14(12(15)6-9)17-13(18)7-11-3-4-16-8-11/h5-6,11,16H,3-4,7-8H2,1-2H3,(H,17,18). The summed E-state index contributed by atoms with van der Waals surface area (Å²) >= 11 is 6.17. The lowest BCUT2D eigenvalue weighted by Crippen LogP contribution is -2.19. The van der Waals surface area contributed by atoms with E-state index in [4.69, 9.17) is 11.6 Å². The molecule has 1 heterocycles. The number of hydrogen-bond acceptors (Lipinski definition) is 2. The Kier molecular flexibility index (Phi) is 4.25. The average Bonchev–Trinajstić information content (AvgIpc) is 2.76. The fourth-order valence-corrected chi connectivity index (χ4v) is 2.78. The van der Waals surface area contributed by atoms with E-state index in [2.05, 4.69) is 10.6 Å². The zero-order valence-corrected chi connectivity index (χ0v) is 11.6. The zero-order chi connectivity index (χ0) is 13.1. The largest absolute Gasteiger partial charge is 0.325 e. The van der Waals surface area contributed by atoms with E-state index in [0.717, 1.165) is 36.3 Å². The lowest BCUT2D eigenvalue weighted by atomic mass is 10.0. The van der Waals surface area contributed by atoms with Gasteiger partial charge in [0.15, 0.2) is 0 Å². The predicted molar refractivity (Wildman–Crippen MR) is 75.1 cm³/mol. The number of hydrogen-bond donors (Lipinski definition) is 2. The van der Waals surface area contributed by atoms with Crippen LogP contribution in [-0.4, -0.2) is 19.0 Å². The first-order chi connectivity index (χ1) is 8.56. The van der Waals surface area contributed by atoms with Gasteiger partial charge in [-0.25, -0.2) is 0 Å². The third-order valence-corrected chi connectivity index (χ3v) is 3.63. The number of rotatable bonds is 3. The minimum absolute atomic E-state index is 0.0533. The predicted octanol–water partition coefficient (Wildman–Crippen LogP) is 2.89. The second-order valence-corrected chi connectivity index (χ2v) is 5.46. The molecular formula is C14H19ClN2O. The molecule has 0 aromatic heterocycles. The first-order valence-electron chi connectivity index (χ1n) is 6.33. The Morgan fingerprint density at radius 2 is 2.28 bits per heavy atom. The molecule has 1 aliphatic heterocycles. The van der Waals surface area contributed by atoms with Crippen molar-refractivity contribution in [1.29, 1.82) is 0 Å². The summed E-state index contributed by atoms with van der Waals surface area (Å²) in [6, 6.07) is 3.90. The van der Waals surface area contributed by atoms with E-state index < -0.39 is 0 Å². The molecule has 0 saturated carbocycles. The van der Waals surface area contributed by atoms with E-state index >= 15 is 0 Å². The molecule has 0 bridgehead atoms. The lowest BCUT2D eigenvalue weighted by Gasteiger charge is -2.13. The van der Waals surface area contributed by atoms with Gasteiger partial charge in [-0.1, -0.05) is 17.7 Å². The van der Waals surface area contributed by atoms with Gasteiger partial charge in [-0.05, 0) is 56.5 Å². The van der Waals surface area contributed by atoms with Gasteiger partial charge in [0, 0.05) is 6.42 Å². The van der Waals surface area contributed by atoms with Crippen molar-refractivity contribution >= 4 is 23.2 Å². The van der Waals surface area contributed by atoms with Gasteiger partial charge in [0.25, 0.3) is 0 Å². The van der Waals surface area contributed by atoms with Gasteiger partial charge in [-0.2, -0.15) is 0 Å². The zero-order valence-electron chi connectivity index (χ0n) is 10.8. The molecule has 18 heavy (non-hydrogen) atoms. The average molecular weight is 267 g/mol. The van der Waals surface area contributed by atoms with E-state index in [1.807, 2.05) is 26.0 Å². The number of benzene rings is 1. The summed E-state index contributed by atoms with van der Waals surface area (Å²) in [5, 5.41) is 6.82. The minimum Gasteiger partial charge on any atom is -0.325 e. The van der Waals surface area contributed by atoms with Crippen LogP contribution in [0.25, 0.3) is 0 Å². The summed E-state index contributed by atoms with van der Waals surface area (Å²) in [6.07, 6.45) is 1.64. The van der Waals surface area contributed by atoms with Crippen LogP contribution in [0.5, 0.6) is 0 Å². The van der Waals surface area contributed by atoms with Gasteiger partial charge in [-0.15, -0.1) is 0 Å². The van der Waals surface area contributed by atoms with Crippen LogP contribution in [0.4, 0.5) is 5.69 Å². The van der Waals surface area contributed by atoms with Gasteiger partial charge in [-0.3, -0.25) is 4.79 Å². The summed E-state index contributed by atoms with van der Waals surface area (Å²) in [5.74, 6) is 0.507. The first-order valence-corrected chi connectivity index (χ1v) is 6.71. The molecule has 2 rings (SSSR count). The molecule has 1 aromatic rings. The Morgan fingerprint density at radius 1 is 1.50 bits per heavy atom. The number of halogens is 1. The van der Waals surface area contributed by atoms with E-state index in [0.29, 0.717) is 17.4 Å². The highest BCUT2D eigenvalue weighted by molar-refractivity contribution is 6.34. The van der Waals surface area contributed by atoms with Gasteiger partial charge < -0.3 is 10.6 Å². The highest BCUT2D eigenvalue weighted by Gasteiger charge is 2.19. The number of aryl methyl sites for hydroxylation is 2. The maximum atomic E-state index is 12.0. The van der Waals surface area contributed by atoms with Gasteiger partial charge in [0.1, 0.15) is 0 Å². The van der Waals surface area contributed by atoms with Gasteiger partial charge in [0.05, 0.1) is 10.7 Å². The molecule has 1 fully saturated rings. The van der Waals surface area contributed by atoms with Crippen LogP contribution in [0.1, 0.15) is 24.0 Å². The molecular weight excluding hydrogens is 248 g/mol. The summed E-state index contributed by atoms with van der Waals surface area (Å²) < 4.78 is 0. The van der Waals surface area contributed by atoms with Crippen LogP contribution >= 0.6 is 11.6 Å². The quantitative estimate of drug-likeness (QED) is 0.883. The molecule has 0 radical (unpaired) electrons. The van der Waals surface area contributed by atoms with Crippen molar-refractivity contribution in [2.75, 3.05) is 18.4 Å². The van der Waals surface area contributed by atoms with Crippen LogP contribution in [0.15, 0.2) is 12.1 Å². The number of anilines is 1. The Labute approximate surface area is 113 Å². The Hall–Kier alpha value is -1.06. The Balaban J connectivity index is 2.02. The number of amides is 1. The number of carbonyl (C=O) groups is 1. The summed E-state index contributed by atoms with van der Waals surface area (Å²) in [5.41, 5.74) is 2.87. The minimum atomic E-state index is 0.0533. The summed E-state index contributed by atoms with van der Waals surface area (Å²) in [6.45, 7) is 5.91. The van der Waals surface area contributed by atoms with E-state index in [9.17, 15) is 4.79 Å². The summed E-state index contributed by atoms with van der Waals surface area (Å²) in [4.78, 5) is 12.0. The molecule has 2 N–H and O–H groups in total. The van der Waals surface area contributed by atoms with E-state index in [1.54, 1.807) is 0 Å². The van der Waals surface area contributed by atoms with Crippen molar-refractivity contribution < 1.29 is 4.79 Å². The molecule has 98 valence electrons. The fourth-order valence-electron chi connectivity index (χ4n) is 2.42. The van der Waals surface area contributed by atoms with Gasteiger partial charge >= 0.3 is 0 Å². The molecule has 3 nitrogen and oxygen atoms in total. The third kappa shape index (κ3) is 3.24. The van der Waals surface area contributed by atoms with Crippen molar-refractivity contribution in [2.45, 2.75) is 26.7 Å². The van der Waals surface area contributed by atoms with Crippen LogP contribution < -0.4 is 10.6 Å². The first kappa shape index (κ1) is 13.4. The van der Waals surface area contributed by atoms with Crippen molar-refractivity contribution in [3.05, 3.63) is 28.3 Å². The van der Waals surface area contributed by atoms with Crippen molar-refractivity contribution in [2.24, 2.45) is 5.92 Å².